The van der Waals surface area contributed by atoms with Gasteiger partial charge in [-0.1, -0.05) is 24.3 Å². The molecule has 2 aromatic carbocycles. The Hall–Kier alpha value is -3.26. The number of carbonyl (C=O) groups excluding carboxylic acids is 1. The van der Waals surface area contributed by atoms with Gasteiger partial charge in [0.2, 0.25) is 5.91 Å². The number of ether oxygens (including phenoxy) is 1. The normalized spacial score (nSPS) is 14.2. The van der Waals surface area contributed by atoms with E-state index in [0.29, 0.717) is 42.9 Å². The minimum atomic E-state index is -0.368. The van der Waals surface area contributed by atoms with Gasteiger partial charge in [0.25, 0.3) is 5.56 Å². The van der Waals surface area contributed by atoms with E-state index in [9.17, 15) is 14.0 Å². The SMILES string of the molecule is O=C(Cn1ncc2ccccc2c1=O)NCc1ccc(N2CCOCC2)c(F)c1. The molecule has 0 aliphatic carbocycles. The fraction of sp³-hybridized carbons (Fsp3) is 0.286. The Kier molecular flexibility index (Phi) is 5.53. The highest BCUT2D eigenvalue weighted by molar-refractivity contribution is 5.81. The number of carbonyl (C=O) groups is 1. The Morgan fingerprint density at radius 1 is 1.17 bits per heavy atom. The van der Waals surface area contributed by atoms with Gasteiger partial charge in [-0.3, -0.25) is 9.59 Å². The summed E-state index contributed by atoms with van der Waals surface area (Å²) in [5.74, 6) is -0.696. The topological polar surface area (TPSA) is 76.5 Å². The zero-order chi connectivity index (χ0) is 20.2. The molecule has 1 aromatic heterocycles. The van der Waals surface area contributed by atoms with Gasteiger partial charge in [-0.2, -0.15) is 5.10 Å². The van der Waals surface area contributed by atoms with E-state index >= 15 is 0 Å². The summed E-state index contributed by atoms with van der Waals surface area (Å²) in [6, 6.07) is 12.0. The van der Waals surface area contributed by atoms with Crippen LogP contribution in [-0.4, -0.2) is 42.0 Å². The highest BCUT2D eigenvalue weighted by Crippen LogP contribution is 2.21. The maximum atomic E-state index is 14.5. The molecule has 0 bridgehead atoms. The zero-order valence-corrected chi connectivity index (χ0v) is 15.8. The average molecular weight is 396 g/mol. The summed E-state index contributed by atoms with van der Waals surface area (Å²) in [4.78, 5) is 26.6. The van der Waals surface area contributed by atoms with Gasteiger partial charge < -0.3 is 15.0 Å². The molecule has 150 valence electrons. The molecule has 0 atom stereocenters. The predicted octanol–water partition coefficient (Wildman–Crippen LogP) is 1.69. The van der Waals surface area contributed by atoms with Crippen LogP contribution in [0.25, 0.3) is 10.8 Å². The molecular formula is C21H21FN4O3. The van der Waals surface area contributed by atoms with Crippen LogP contribution < -0.4 is 15.8 Å². The fourth-order valence-corrected chi connectivity index (χ4v) is 3.35. The molecule has 1 saturated heterocycles. The fourth-order valence-electron chi connectivity index (χ4n) is 3.35. The van der Waals surface area contributed by atoms with E-state index in [0.717, 1.165) is 10.1 Å². The molecule has 7 nitrogen and oxygen atoms in total. The molecule has 2 heterocycles. The lowest BCUT2D eigenvalue weighted by Crippen LogP contribution is -2.36. The smallest absolute Gasteiger partial charge is 0.275 e. The first kappa shape index (κ1) is 19.1. The lowest BCUT2D eigenvalue weighted by Gasteiger charge is -2.29. The summed E-state index contributed by atoms with van der Waals surface area (Å²) < 4.78 is 20.9. The Labute approximate surface area is 166 Å². The molecule has 0 unspecified atom stereocenters. The van der Waals surface area contributed by atoms with E-state index in [1.165, 1.54) is 6.07 Å². The second kappa shape index (κ2) is 8.40. The van der Waals surface area contributed by atoms with Crippen molar-refractivity contribution in [3.8, 4) is 0 Å². The number of morpholine rings is 1. The van der Waals surface area contributed by atoms with Gasteiger partial charge >= 0.3 is 0 Å². The molecule has 1 aliphatic rings. The standard InChI is InChI=1S/C21H21FN4O3/c22-18-11-15(5-6-19(18)25-7-9-29-10-8-25)12-23-20(27)14-26-21(28)17-4-2-1-3-16(17)13-24-26/h1-6,11,13H,7-10,12,14H2,(H,23,27). The quantitative estimate of drug-likeness (QED) is 0.710. The maximum absolute atomic E-state index is 14.5. The van der Waals surface area contributed by atoms with E-state index in [-0.39, 0.29) is 30.4 Å². The average Bonchev–Trinajstić information content (AvgIpc) is 2.75. The van der Waals surface area contributed by atoms with Gasteiger partial charge in [-0.15, -0.1) is 0 Å². The second-order valence-corrected chi connectivity index (χ2v) is 6.86. The van der Waals surface area contributed by atoms with Crippen LogP contribution in [0.5, 0.6) is 0 Å². The van der Waals surface area contributed by atoms with Crippen molar-refractivity contribution in [3.05, 3.63) is 70.4 Å². The van der Waals surface area contributed by atoms with Gasteiger partial charge in [0, 0.05) is 25.0 Å². The van der Waals surface area contributed by atoms with Gasteiger partial charge in [0.1, 0.15) is 12.4 Å². The van der Waals surface area contributed by atoms with E-state index in [2.05, 4.69) is 10.4 Å². The maximum Gasteiger partial charge on any atom is 0.275 e. The highest BCUT2D eigenvalue weighted by atomic mass is 19.1. The third-order valence-electron chi connectivity index (χ3n) is 4.91. The monoisotopic (exact) mass is 396 g/mol. The Morgan fingerprint density at radius 2 is 1.97 bits per heavy atom. The minimum Gasteiger partial charge on any atom is -0.378 e. The molecule has 8 heteroatoms. The van der Waals surface area contributed by atoms with E-state index in [4.69, 9.17) is 4.74 Å². The molecular weight excluding hydrogens is 375 g/mol. The molecule has 4 rings (SSSR count). The predicted molar refractivity (Wildman–Crippen MR) is 107 cm³/mol. The Morgan fingerprint density at radius 3 is 2.76 bits per heavy atom. The molecule has 29 heavy (non-hydrogen) atoms. The van der Waals surface area contributed by atoms with Gasteiger partial charge in [0.05, 0.1) is 30.5 Å². The lowest BCUT2D eigenvalue weighted by atomic mass is 10.1. The van der Waals surface area contributed by atoms with Crippen LogP contribution in [0.3, 0.4) is 0 Å². The Bertz CT molecular complexity index is 1090. The number of nitrogens with zero attached hydrogens (tertiary/aromatic N) is 3. The minimum absolute atomic E-state index is 0.168. The van der Waals surface area contributed by atoms with Crippen molar-refractivity contribution in [2.75, 3.05) is 31.2 Å². The van der Waals surface area contributed by atoms with Crippen molar-refractivity contribution < 1.29 is 13.9 Å². The molecule has 1 aliphatic heterocycles. The summed E-state index contributed by atoms with van der Waals surface area (Å²) in [6.07, 6.45) is 1.56. The van der Waals surface area contributed by atoms with Crippen molar-refractivity contribution in [1.29, 1.82) is 0 Å². The molecule has 1 fully saturated rings. The number of rotatable bonds is 5. The molecule has 1 amide bonds. The first-order valence-electron chi connectivity index (χ1n) is 9.44. The number of halogens is 1. The molecule has 3 aromatic rings. The van der Waals surface area contributed by atoms with Crippen LogP contribution in [0.4, 0.5) is 10.1 Å². The molecule has 1 N–H and O–H groups in total. The number of anilines is 1. The molecule has 0 saturated carbocycles. The molecule has 0 radical (unpaired) electrons. The van der Waals surface area contributed by atoms with Crippen molar-refractivity contribution in [1.82, 2.24) is 15.1 Å². The van der Waals surface area contributed by atoms with Crippen molar-refractivity contribution in [2.24, 2.45) is 0 Å². The third-order valence-corrected chi connectivity index (χ3v) is 4.91. The largest absolute Gasteiger partial charge is 0.378 e. The van der Waals surface area contributed by atoms with Gasteiger partial charge in [0.15, 0.2) is 0 Å². The van der Waals surface area contributed by atoms with E-state index < -0.39 is 0 Å². The highest BCUT2D eigenvalue weighted by Gasteiger charge is 2.15. The number of nitrogens with one attached hydrogen (secondary N) is 1. The van der Waals surface area contributed by atoms with Crippen molar-refractivity contribution in [2.45, 2.75) is 13.1 Å². The summed E-state index contributed by atoms with van der Waals surface area (Å²) in [6.45, 7) is 2.44. The van der Waals surface area contributed by atoms with Crippen LogP contribution in [0.2, 0.25) is 0 Å². The number of hydrogen-bond donors (Lipinski definition) is 1. The van der Waals surface area contributed by atoms with E-state index in [1.54, 1.807) is 36.5 Å². The first-order chi connectivity index (χ1) is 14.1. The van der Waals surface area contributed by atoms with Crippen LogP contribution in [-0.2, 0) is 22.6 Å². The number of aromatic nitrogens is 2. The van der Waals surface area contributed by atoms with Crippen LogP contribution in [0.1, 0.15) is 5.56 Å². The second-order valence-electron chi connectivity index (χ2n) is 6.86. The number of fused-ring (bicyclic) bond motifs is 1. The summed E-state index contributed by atoms with van der Waals surface area (Å²) in [7, 11) is 0. The van der Waals surface area contributed by atoms with Crippen LogP contribution in [0.15, 0.2) is 53.5 Å². The third kappa shape index (κ3) is 4.27. The van der Waals surface area contributed by atoms with Crippen LogP contribution in [0, 0.1) is 5.82 Å². The van der Waals surface area contributed by atoms with Gasteiger partial charge in [-0.25, -0.2) is 9.07 Å². The first-order valence-corrected chi connectivity index (χ1v) is 9.44. The lowest BCUT2D eigenvalue weighted by molar-refractivity contribution is -0.122. The zero-order valence-electron chi connectivity index (χ0n) is 15.8. The summed E-state index contributed by atoms with van der Waals surface area (Å²) in [5, 5.41) is 7.99. The number of amides is 1. The van der Waals surface area contributed by atoms with Crippen LogP contribution >= 0.6 is 0 Å². The molecule has 0 spiro atoms. The van der Waals surface area contributed by atoms with Crippen molar-refractivity contribution >= 4 is 22.4 Å². The number of benzene rings is 2. The van der Waals surface area contributed by atoms with Crippen molar-refractivity contribution in [3.63, 3.8) is 0 Å². The Balaban J connectivity index is 1.39. The van der Waals surface area contributed by atoms with Gasteiger partial charge in [-0.05, 0) is 23.8 Å². The van der Waals surface area contributed by atoms with E-state index in [1.807, 2.05) is 11.0 Å². The number of hydrogen-bond acceptors (Lipinski definition) is 5. The summed E-state index contributed by atoms with van der Waals surface area (Å²) in [5.41, 5.74) is 0.862. The summed E-state index contributed by atoms with van der Waals surface area (Å²) >= 11 is 0.